The van der Waals surface area contributed by atoms with Gasteiger partial charge in [0.2, 0.25) is 5.91 Å². The van der Waals surface area contributed by atoms with Crippen LogP contribution in [-0.4, -0.2) is 19.1 Å². The molecule has 1 aliphatic carbocycles. The molecule has 0 aromatic heterocycles. The SMILES string of the molecule is N#Cc1ccccc1NC(=O)CCCOCCC1CCC1. The van der Waals surface area contributed by atoms with E-state index in [1.54, 1.807) is 24.3 Å². The van der Waals surface area contributed by atoms with Crippen molar-refractivity contribution in [3.63, 3.8) is 0 Å². The monoisotopic (exact) mass is 286 g/mol. The maximum atomic E-state index is 11.8. The fraction of sp³-hybridized carbons (Fsp3) is 0.529. The largest absolute Gasteiger partial charge is 0.381 e. The molecule has 112 valence electrons. The molecular formula is C17H22N2O2. The molecule has 1 fully saturated rings. The molecule has 1 amide bonds. The van der Waals surface area contributed by atoms with E-state index < -0.39 is 0 Å². The van der Waals surface area contributed by atoms with E-state index in [1.165, 1.54) is 19.3 Å². The van der Waals surface area contributed by atoms with Crippen molar-refractivity contribution in [3.05, 3.63) is 29.8 Å². The Kier molecular flexibility index (Phi) is 6.23. The zero-order valence-corrected chi connectivity index (χ0v) is 12.3. The minimum absolute atomic E-state index is 0.0692. The van der Waals surface area contributed by atoms with Crippen molar-refractivity contribution in [1.29, 1.82) is 5.26 Å². The minimum Gasteiger partial charge on any atom is -0.381 e. The highest BCUT2D eigenvalue weighted by molar-refractivity contribution is 5.92. The normalized spacial score (nSPS) is 14.2. The molecule has 1 aromatic rings. The quantitative estimate of drug-likeness (QED) is 0.744. The minimum atomic E-state index is -0.0692. The summed E-state index contributed by atoms with van der Waals surface area (Å²) in [6.07, 6.45) is 6.36. The molecule has 21 heavy (non-hydrogen) atoms. The number of nitrogens with zero attached hydrogens (tertiary/aromatic N) is 1. The molecule has 1 N–H and O–H groups in total. The molecule has 4 nitrogen and oxygen atoms in total. The summed E-state index contributed by atoms with van der Waals surface area (Å²) in [6.45, 7) is 1.43. The molecule has 0 radical (unpaired) electrons. The van der Waals surface area contributed by atoms with Gasteiger partial charge in [-0.3, -0.25) is 4.79 Å². The van der Waals surface area contributed by atoms with Gasteiger partial charge in [0.15, 0.2) is 0 Å². The van der Waals surface area contributed by atoms with Gasteiger partial charge < -0.3 is 10.1 Å². The van der Waals surface area contributed by atoms with E-state index in [2.05, 4.69) is 11.4 Å². The summed E-state index contributed by atoms with van der Waals surface area (Å²) in [5.41, 5.74) is 1.07. The fourth-order valence-electron chi connectivity index (χ4n) is 2.37. The van der Waals surface area contributed by atoms with Gasteiger partial charge in [-0.15, -0.1) is 0 Å². The van der Waals surface area contributed by atoms with Crippen LogP contribution in [0.25, 0.3) is 0 Å². The lowest BCUT2D eigenvalue weighted by Crippen LogP contribution is -2.15. The maximum absolute atomic E-state index is 11.8. The van der Waals surface area contributed by atoms with Crippen molar-refractivity contribution >= 4 is 11.6 Å². The highest BCUT2D eigenvalue weighted by Gasteiger charge is 2.16. The van der Waals surface area contributed by atoms with Crippen molar-refractivity contribution in [3.8, 4) is 6.07 Å². The van der Waals surface area contributed by atoms with Crippen molar-refractivity contribution < 1.29 is 9.53 Å². The van der Waals surface area contributed by atoms with Gasteiger partial charge in [-0.25, -0.2) is 0 Å². The Hall–Kier alpha value is -1.86. The molecule has 0 unspecified atom stereocenters. The van der Waals surface area contributed by atoms with E-state index in [4.69, 9.17) is 10.00 Å². The van der Waals surface area contributed by atoms with Gasteiger partial charge in [-0.05, 0) is 30.9 Å². The molecule has 4 heteroatoms. The Labute approximate surface area is 126 Å². The standard InChI is InChI=1S/C17H22N2O2/c18-13-15-7-1-2-8-16(15)19-17(20)9-4-11-21-12-10-14-5-3-6-14/h1-2,7-8,14H,3-6,9-12H2,(H,19,20). The van der Waals surface area contributed by atoms with Crippen LogP contribution in [0, 0.1) is 17.2 Å². The molecule has 1 saturated carbocycles. The van der Waals surface area contributed by atoms with Crippen molar-refractivity contribution in [2.45, 2.75) is 38.5 Å². The summed E-state index contributed by atoms with van der Waals surface area (Å²) in [6, 6.07) is 9.09. The zero-order chi connectivity index (χ0) is 14.9. The lowest BCUT2D eigenvalue weighted by Gasteiger charge is -2.24. The number of anilines is 1. The van der Waals surface area contributed by atoms with Gasteiger partial charge in [0.25, 0.3) is 0 Å². The highest BCUT2D eigenvalue weighted by Crippen LogP contribution is 2.29. The number of carbonyl (C=O) groups is 1. The molecular weight excluding hydrogens is 264 g/mol. The molecule has 0 bridgehead atoms. The second kappa shape index (κ2) is 8.43. The molecule has 0 spiro atoms. The van der Waals surface area contributed by atoms with Crippen LogP contribution in [0.15, 0.2) is 24.3 Å². The predicted molar refractivity (Wildman–Crippen MR) is 81.8 cm³/mol. The van der Waals surface area contributed by atoms with E-state index in [-0.39, 0.29) is 5.91 Å². The third kappa shape index (κ3) is 5.20. The van der Waals surface area contributed by atoms with Crippen LogP contribution in [0.5, 0.6) is 0 Å². The van der Waals surface area contributed by atoms with Gasteiger partial charge in [-0.1, -0.05) is 31.4 Å². The van der Waals surface area contributed by atoms with Crippen LogP contribution in [0.3, 0.4) is 0 Å². The van der Waals surface area contributed by atoms with Crippen LogP contribution < -0.4 is 5.32 Å². The number of amides is 1. The summed E-state index contributed by atoms with van der Waals surface area (Å²) in [5.74, 6) is 0.802. The summed E-state index contributed by atoms with van der Waals surface area (Å²) in [4.78, 5) is 11.8. The Morgan fingerprint density at radius 1 is 1.33 bits per heavy atom. The Morgan fingerprint density at radius 2 is 2.14 bits per heavy atom. The van der Waals surface area contributed by atoms with Gasteiger partial charge in [-0.2, -0.15) is 5.26 Å². The molecule has 2 rings (SSSR count). The molecule has 0 saturated heterocycles. The van der Waals surface area contributed by atoms with Gasteiger partial charge in [0.1, 0.15) is 6.07 Å². The number of hydrogen-bond acceptors (Lipinski definition) is 3. The second-order valence-electron chi connectivity index (χ2n) is 5.51. The topological polar surface area (TPSA) is 62.1 Å². The first-order chi connectivity index (χ1) is 10.3. The second-order valence-corrected chi connectivity index (χ2v) is 5.51. The molecule has 1 aliphatic rings. The summed E-state index contributed by atoms with van der Waals surface area (Å²) >= 11 is 0. The first kappa shape index (κ1) is 15.5. The number of para-hydroxylation sites is 1. The third-order valence-electron chi connectivity index (χ3n) is 3.91. The number of nitriles is 1. The van der Waals surface area contributed by atoms with E-state index in [1.807, 2.05) is 0 Å². The predicted octanol–water partition coefficient (Wildman–Crippen LogP) is 3.48. The van der Waals surface area contributed by atoms with E-state index in [0.717, 1.165) is 18.9 Å². The Morgan fingerprint density at radius 3 is 2.86 bits per heavy atom. The molecule has 1 aromatic carbocycles. The van der Waals surface area contributed by atoms with Crippen LogP contribution in [0.1, 0.15) is 44.1 Å². The number of carbonyl (C=O) groups excluding carboxylic acids is 1. The lowest BCUT2D eigenvalue weighted by atomic mass is 9.83. The van der Waals surface area contributed by atoms with Gasteiger partial charge in [0.05, 0.1) is 11.3 Å². The van der Waals surface area contributed by atoms with E-state index in [0.29, 0.717) is 30.7 Å². The third-order valence-corrected chi connectivity index (χ3v) is 3.91. The maximum Gasteiger partial charge on any atom is 0.224 e. The van der Waals surface area contributed by atoms with Crippen molar-refractivity contribution in [2.75, 3.05) is 18.5 Å². The first-order valence-corrected chi connectivity index (χ1v) is 7.66. The number of rotatable bonds is 8. The van der Waals surface area contributed by atoms with E-state index in [9.17, 15) is 4.79 Å². The Balaban J connectivity index is 1.58. The fourth-order valence-corrected chi connectivity index (χ4v) is 2.37. The summed E-state index contributed by atoms with van der Waals surface area (Å²) < 4.78 is 5.55. The lowest BCUT2D eigenvalue weighted by molar-refractivity contribution is -0.116. The smallest absolute Gasteiger partial charge is 0.224 e. The van der Waals surface area contributed by atoms with Gasteiger partial charge >= 0.3 is 0 Å². The van der Waals surface area contributed by atoms with Crippen LogP contribution >= 0.6 is 0 Å². The summed E-state index contributed by atoms with van der Waals surface area (Å²) in [7, 11) is 0. The number of ether oxygens (including phenoxy) is 1. The number of hydrogen-bond donors (Lipinski definition) is 1. The molecule has 0 heterocycles. The summed E-state index contributed by atoms with van der Waals surface area (Å²) in [5, 5.41) is 11.7. The van der Waals surface area contributed by atoms with Gasteiger partial charge in [0, 0.05) is 19.6 Å². The molecule has 0 atom stereocenters. The number of nitrogens with one attached hydrogen (secondary N) is 1. The average molecular weight is 286 g/mol. The average Bonchev–Trinajstić information content (AvgIpc) is 2.45. The zero-order valence-electron chi connectivity index (χ0n) is 12.3. The van der Waals surface area contributed by atoms with Crippen molar-refractivity contribution in [2.24, 2.45) is 5.92 Å². The van der Waals surface area contributed by atoms with Crippen LogP contribution in [0.2, 0.25) is 0 Å². The van der Waals surface area contributed by atoms with Crippen LogP contribution in [0.4, 0.5) is 5.69 Å². The van der Waals surface area contributed by atoms with E-state index >= 15 is 0 Å². The number of benzene rings is 1. The first-order valence-electron chi connectivity index (χ1n) is 7.66. The molecule has 0 aliphatic heterocycles. The Bertz CT molecular complexity index is 504. The van der Waals surface area contributed by atoms with Crippen LogP contribution in [-0.2, 0) is 9.53 Å². The highest BCUT2D eigenvalue weighted by atomic mass is 16.5. The van der Waals surface area contributed by atoms with Crippen molar-refractivity contribution in [1.82, 2.24) is 0 Å².